The van der Waals surface area contributed by atoms with Gasteiger partial charge in [0.25, 0.3) is 0 Å². The molecule has 1 N–H and O–H groups in total. The van der Waals surface area contributed by atoms with Gasteiger partial charge in [-0.25, -0.2) is 0 Å². The fraction of sp³-hybridized carbons (Fsp3) is 0.500. The molecule has 0 fully saturated rings. The molecule has 0 bridgehead atoms. The van der Waals surface area contributed by atoms with Gasteiger partial charge in [0, 0.05) is 6.54 Å². The molecule has 1 atom stereocenters. The fourth-order valence-electron chi connectivity index (χ4n) is 3.68. The predicted molar refractivity (Wildman–Crippen MR) is 115 cm³/mol. The first-order chi connectivity index (χ1) is 14.1. The highest BCUT2D eigenvalue weighted by molar-refractivity contribution is 5.45. The highest BCUT2D eigenvalue weighted by Crippen LogP contribution is 2.37. The molecular weight excluding hydrogens is 366 g/mol. The minimum absolute atomic E-state index is 0.322. The molecule has 0 unspecified atom stereocenters. The molecule has 0 amide bonds. The molecule has 2 aromatic carbocycles. The van der Waals surface area contributed by atoms with Crippen molar-refractivity contribution >= 4 is 0 Å². The van der Waals surface area contributed by atoms with Gasteiger partial charge in [0.15, 0.2) is 23.0 Å². The van der Waals surface area contributed by atoms with Crippen LogP contribution in [0.2, 0.25) is 0 Å². The van der Waals surface area contributed by atoms with Gasteiger partial charge in [-0.05, 0) is 66.6 Å². The maximum absolute atomic E-state index is 5.58. The van der Waals surface area contributed by atoms with Crippen molar-refractivity contribution in [1.82, 2.24) is 5.32 Å². The topological polar surface area (TPSA) is 49.0 Å². The molecule has 5 heteroatoms. The van der Waals surface area contributed by atoms with Gasteiger partial charge in [-0.3, -0.25) is 0 Å². The SMILES string of the molecule is COc1ccc(CNCC[C@H](CCC(C)C)c2ccc3c(c2)OCO3)cc1OC. The van der Waals surface area contributed by atoms with Gasteiger partial charge in [0.1, 0.15) is 0 Å². The minimum Gasteiger partial charge on any atom is -0.493 e. The van der Waals surface area contributed by atoms with E-state index >= 15 is 0 Å². The van der Waals surface area contributed by atoms with E-state index in [9.17, 15) is 0 Å². The summed E-state index contributed by atoms with van der Waals surface area (Å²) in [6, 6.07) is 12.4. The summed E-state index contributed by atoms with van der Waals surface area (Å²) < 4.78 is 21.7. The summed E-state index contributed by atoms with van der Waals surface area (Å²) in [4.78, 5) is 0. The Morgan fingerprint density at radius 1 is 0.897 bits per heavy atom. The van der Waals surface area contributed by atoms with Crippen LogP contribution in [0.5, 0.6) is 23.0 Å². The molecule has 0 aromatic heterocycles. The summed E-state index contributed by atoms with van der Waals surface area (Å²) in [6.45, 7) is 6.64. The van der Waals surface area contributed by atoms with Crippen LogP contribution in [0.3, 0.4) is 0 Å². The molecule has 0 saturated carbocycles. The lowest BCUT2D eigenvalue weighted by atomic mass is 9.88. The highest BCUT2D eigenvalue weighted by Gasteiger charge is 2.18. The number of ether oxygens (including phenoxy) is 4. The van der Waals surface area contributed by atoms with Crippen molar-refractivity contribution in [3.8, 4) is 23.0 Å². The van der Waals surface area contributed by atoms with Gasteiger partial charge in [-0.15, -0.1) is 0 Å². The van der Waals surface area contributed by atoms with Crippen molar-refractivity contribution in [3.63, 3.8) is 0 Å². The summed E-state index contributed by atoms with van der Waals surface area (Å²) in [5.41, 5.74) is 2.52. The van der Waals surface area contributed by atoms with Crippen LogP contribution in [0.15, 0.2) is 36.4 Å². The number of benzene rings is 2. The van der Waals surface area contributed by atoms with Crippen molar-refractivity contribution in [1.29, 1.82) is 0 Å². The van der Waals surface area contributed by atoms with E-state index in [0.717, 1.165) is 42.5 Å². The maximum atomic E-state index is 5.58. The summed E-state index contributed by atoms with van der Waals surface area (Å²) in [5, 5.41) is 3.58. The van der Waals surface area contributed by atoms with E-state index in [2.05, 4.69) is 37.4 Å². The van der Waals surface area contributed by atoms with Gasteiger partial charge < -0.3 is 24.3 Å². The summed E-state index contributed by atoms with van der Waals surface area (Å²) >= 11 is 0. The molecule has 2 aromatic rings. The van der Waals surface area contributed by atoms with E-state index in [1.54, 1.807) is 14.2 Å². The van der Waals surface area contributed by atoms with E-state index in [1.165, 1.54) is 24.0 Å². The summed E-state index contributed by atoms with van der Waals surface area (Å²) in [7, 11) is 3.32. The van der Waals surface area contributed by atoms with Crippen LogP contribution in [0.4, 0.5) is 0 Å². The first-order valence-corrected chi connectivity index (χ1v) is 10.4. The second-order valence-electron chi connectivity index (χ2n) is 7.94. The van der Waals surface area contributed by atoms with E-state index in [1.807, 2.05) is 18.2 Å². The number of methoxy groups -OCH3 is 2. The molecule has 5 nitrogen and oxygen atoms in total. The molecule has 3 rings (SSSR count). The number of hydrogen-bond donors (Lipinski definition) is 1. The van der Waals surface area contributed by atoms with Crippen molar-refractivity contribution < 1.29 is 18.9 Å². The third kappa shape index (κ3) is 5.80. The Kier molecular flexibility index (Phi) is 7.64. The third-order valence-corrected chi connectivity index (χ3v) is 5.41. The van der Waals surface area contributed by atoms with E-state index in [4.69, 9.17) is 18.9 Å². The standard InChI is InChI=1S/C24H33NO4/c1-17(2)5-7-19(20-8-10-22-24(14-20)29-16-28-22)11-12-25-15-18-6-9-21(26-3)23(13-18)27-4/h6,8-10,13-14,17,19,25H,5,7,11-12,15-16H2,1-4H3/t19-/m0/s1. The zero-order valence-corrected chi connectivity index (χ0v) is 18.0. The number of hydrogen-bond acceptors (Lipinski definition) is 5. The third-order valence-electron chi connectivity index (χ3n) is 5.41. The molecule has 0 spiro atoms. The van der Waals surface area contributed by atoms with Crippen LogP contribution >= 0.6 is 0 Å². The molecule has 0 aliphatic carbocycles. The molecule has 1 heterocycles. The largest absolute Gasteiger partial charge is 0.493 e. The predicted octanol–water partition coefficient (Wildman–Crippen LogP) is 5.13. The lowest BCUT2D eigenvalue weighted by Crippen LogP contribution is -2.17. The van der Waals surface area contributed by atoms with Crippen LogP contribution in [0, 0.1) is 5.92 Å². The Balaban J connectivity index is 1.57. The van der Waals surface area contributed by atoms with Crippen LogP contribution < -0.4 is 24.3 Å². The molecule has 1 aliphatic rings. The van der Waals surface area contributed by atoms with Gasteiger partial charge in [-0.1, -0.05) is 32.4 Å². The normalized spacial score (nSPS) is 13.6. The van der Waals surface area contributed by atoms with Crippen molar-refractivity contribution in [3.05, 3.63) is 47.5 Å². The quantitative estimate of drug-likeness (QED) is 0.531. The number of fused-ring (bicyclic) bond motifs is 1. The zero-order chi connectivity index (χ0) is 20.6. The Bertz CT molecular complexity index is 790. The van der Waals surface area contributed by atoms with Gasteiger partial charge >= 0.3 is 0 Å². The second kappa shape index (κ2) is 10.4. The monoisotopic (exact) mass is 399 g/mol. The fourth-order valence-corrected chi connectivity index (χ4v) is 3.68. The van der Waals surface area contributed by atoms with E-state index < -0.39 is 0 Å². The minimum atomic E-state index is 0.322. The smallest absolute Gasteiger partial charge is 0.231 e. The Labute approximate surface area is 174 Å². The van der Waals surface area contributed by atoms with E-state index in [0.29, 0.717) is 18.6 Å². The maximum Gasteiger partial charge on any atom is 0.231 e. The average molecular weight is 400 g/mol. The molecule has 158 valence electrons. The molecular formula is C24H33NO4. The first kappa shape index (κ1) is 21.3. The lowest BCUT2D eigenvalue weighted by Gasteiger charge is -2.19. The molecule has 1 aliphatic heterocycles. The lowest BCUT2D eigenvalue weighted by molar-refractivity contribution is 0.174. The number of nitrogens with one attached hydrogen (secondary N) is 1. The summed E-state index contributed by atoms with van der Waals surface area (Å²) in [5.74, 6) is 4.45. The van der Waals surface area contributed by atoms with Gasteiger partial charge in [0.05, 0.1) is 14.2 Å². The van der Waals surface area contributed by atoms with Crippen LogP contribution in [-0.2, 0) is 6.54 Å². The molecule has 29 heavy (non-hydrogen) atoms. The zero-order valence-electron chi connectivity index (χ0n) is 18.0. The van der Waals surface area contributed by atoms with Crippen LogP contribution in [-0.4, -0.2) is 27.6 Å². The van der Waals surface area contributed by atoms with E-state index in [-0.39, 0.29) is 0 Å². The van der Waals surface area contributed by atoms with Crippen LogP contribution in [0.1, 0.15) is 50.2 Å². The first-order valence-electron chi connectivity index (χ1n) is 10.4. The van der Waals surface area contributed by atoms with Crippen molar-refractivity contribution in [2.75, 3.05) is 27.6 Å². The Hall–Kier alpha value is -2.40. The Morgan fingerprint density at radius 2 is 1.69 bits per heavy atom. The van der Waals surface area contributed by atoms with Crippen molar-refractivity contribution in [2.24, 2.45) is 5.92 Å². The molecule has 0 radical (unpaired) electrons. The number of rotatable bonds is 11. The van der Waals surface area contributed by atoms with Gasteiger partial charge in [0.2, 0.25) is 6.79 Å². The average Bonchev–Trinajstić information content (AvgIpc) is 3.20. The van der Waals surface area contributed by atoms with Crippen LogP contribution in [0.25, 0.3) is 0 Å². The van der Waals surface area contributed by atoms with Crippen molar-refractivity contribution in [2.45, 2.75) is 45.6 Å². The van der Waals surface area contributed by atoms with Gasteiger partial charge in [-0.2, -0.15) is 0 Å². The molecule has 0 saturated heterocycles. The Morgan fingerprint density at radius 3 is 2.45 bits per heavy atom. The highest BCUT2D eigenvalue weighted by atomic mass is 16.7. The summed E-state index contributed by atoms with van der Waals surface area (Å²) in [6.07, 6.45) is 3.48. The second-order valence-corrected chi connectivity index (χ2v) is 7.94.